The van der Waals surface area contributed by atoms with E-state index in [4.69, 9.17) is 11.6 Å². The molecule has 86 valence electrons. The third-order valence-corrected chi connectivity index (χ3v) is 3.47. The van der Waals surface area contributed by atoms with Gasteiger partial charge in [0.1, 0.15) is 5.38 Å². The lowest BCUT2D eigenvalue weighted by molar-refractivity contribution is -0.121. The monoisotopic (exact) mass is 237 g/mol. The zero-order valence-electron chi connectivity index (χ0n) is 9.16. The molecule has 0 bridgehead atoms. The summed E-state index contributed by atoms with van der Waals surface area (Å²) >= 11 is 6.12. The number of hydrogen-bond donors (Lipinski definition) is 1. The van der Waals surface area contributed by atoms with Crippen LogP contribution in [0.15, 0.2) is 30.3 Å². The van der Waals surface area contributed by atoms with E-state index >= 15 is 0 Å². The molecule has 1 aromatic carbocycles. The van der Waals surface area contributed by atoms with E-state index in [1.54, 1.807) is 0 Å². The normalized spacial score (nSPS) is 18.3. The highest BCUT2D eigenvalue weighted by molar-refractivity contribution is 6.30. The van der Waals surface area contributed by atoms with Crippen molar-refractivity contribution in [2.75, 3.05) is 0 Å². The number of carbonyl (C=O) groups is 1. The number of halogens is 1. The summed E-state index contributed by atoms with van der Waals surface area (Å²) in [7, 11) is 0. The molecule has 1 N–H and O–H groups in total. The van der Waals surface area contributed by atoms with Crippen LogP contribution in [-0.2, 0) is 4.79 Å². The summed E-state index contributed by atoms with van der Waals surface area (Å²) in [4.78, 5) is 11.9. The Morgan fingerprint density at radius 2 is 1.88 bits per heavy atom. The zero-order valence-corrected chi connectivity index (χ0v) is 9.91. The van der Waals surface area contributed by atoms with Crippen molar-refractivity contribution < 1.29 is 4.79 Å². The fourth-order valence-corrected chi connectivity index (χ4v) is 2.33. The van der Waals surface area contributed by atoms with Gasteiger partial charge in [-0.2, -0.15) is 0 Å². The van der Waals surface area contributed by atoms with Crippen LogP contribution >= 0.6 is 11.6 Å². The summed E-state index contributed by atoms with van der Waals surface area (Å²) in [5.74, 6) is -0.0697. The van der Waals surface area contributed by atoms with E-state index in [0.717, 1.165) is 18.4 Å². The van der Waals surface area contributed by atoms with Gasteiger partial charge >= 0.3 is 0 Å². The average Bonchev–Trinajstić information content (AvgIpc) is 2.82. The van der Waals surface area contributed by atoms with Gasteiger partial charge in [0.05, 0.1) is 0 Å². The molecule has 0 aliphatic heterocycles. The molecule has 0 spiro atoms. The predicted octanol–water partition coefficient (Wildman–Crippen LogP) is 3.03. The van der Waals surface area contributed by atoms with Gasteiger partial charge in [-0.1, -0.05) is 43.2 Å². The van der Waals surface area contributed by atoms with Crippen molar-refractivity contribution in [1.82, 2.24) is 5.32 Å². The molecule has 1 saturated carbocycles. The highest BCUT2D eigenvalue weighted by atomic mass is 35.5. The van der Waals surface area contributed by atoms with Gasteiger partial charge in [-0.15, -0.1) is 11.6 Å². The summed E-state index contributed by atoms with van der Waals surface area (Å²) < 4.78 is 0. The minimum atomic E-state index is -0.568. The largest absolute Gasteiger partial charge is 0.352 e. The highest BCUT2D eigenvalue weighted by Gasteiger charge is 2.22. The molecule has 1 fully saturated rings. The second-order valence-corrected chi connectivity index (χ2v) is 4.70. The Balaban J connectivity index is 1.94. The van der Waals surface area contributed by atoms with Gasteiger partial charge in [-0.25, -0.2) is 0 Å². The molecule has 1 amide bonds. The Bertz CT molecular complexity index is 346. The second-order valence-electron chi connectivity index (χ2n) is 4.26. The molecule has 3 heteroatoms. The van der Waals surface area contributed by atoms with Gasteiger partial charge in [0.15, 0.2) is 0 Å². The Hall–Kier alpha value is -1.02. The van der Waals surface area contributed by atoms with Crippen LogP contribution in [0.1, 0.15) is 36.6 Å². The van der Waals surface area contributed by atoms with Crippen LogP contribution in [0.3, 0.4) is 0 Å². The molecule has 1 aliphatic carbocycles. The molecule has 1 atom stereocenters. The van der Waals surface area contributed by atoms with E-state index in [1.807, 2.05) is 30.3 Å². The van der Waals surface area contributed by atoms with Crippen LogP contribution in [0.5, 0.6) is 0 Å². The van der Waals surface area contributed by atoms with Crippen molar-refractivity contribution in [3.63, 3.8) is 0 Å². The predicted molar refractivity (Wildman–Crippen MR) is 65.4 cm³/mol. The van der Waals surface area contributed by atoms with Crippen molar-refractivity contribution in [2.24, 2.45) is 0 Å². The van der Waals surface area contributed by atoms with Crippen LogP contribution in [0.4, 0.5) is 0 Å². The van der Waals surface area contributed by atoms with E-state index in [9.17, 15) is 4.79 Å². The molecule has 0 aromatic heterocycles. The topological polar surface area (TPSA) is 29.1 Å². The molecule has 0 radical (unpaired) electrons. The van der Waals surface area contributed by atoms with E-state index in [0.29, 0.717) is 6.04 Å². The van der Waals surface area contributed by atoms with Crippen molar-refractivity contribution in [2.45, 2.75) is 37.1 Å². The Morgan fingerprint density at radius 3 is 2.50 bits per heavy atom. The molecule has 0 unspecified atom stereocenters. The smallest absolute Gasteiger partial charge is 0.242 e. The first-order valence-corrected chi connectivity index (χ1v) is 6.20. The SMILES string of the molecule is O=C(NC1CCCC1)[C@H](Cl)c1ccccc1. The quantitative estimate of drug-likeness (QED) is 0.805. The maximum absolute atomic E-state index is 11.9. The van der Waals surface area contributed by atoms with Crippen molar-refractivity contribution in [1.29, 1.82) is 0 Å². The molecule has 0 saturated heterocycles. The number of rotatable bonds is 3. The first kappa shape index (κ1) is 11.5. The van der Waals surface area contributed by atoms with Gasteiger partial charge in [-0.05, 0) is 18.4 Å². The molecular weight excluding hydrogens is 222 g/mol. The minimum absolute atomic E-state index is 0.0697. The summed E-state index contributed by atoms with van der Waals surface area (Å²) in [6.45, 7) is 0. The molecule has 1 aromatic rings. The summed E-state index contributed by atoms with van der Waals surface area (Å²) in [6, 6.07) is 9.80. The minimum Gasteiger partial charge on any atom is -0.352 e. The maximum atomic E-state index is 11.9. The standard InChI is InChI=1S/C13H16ClNO/c14-12(10-6-2-1-3-7-10)13(16)15-11-8-4-5-9-11/h1-3,6-7,11-12H,4-5,8-9H2,(H,15,16)/t12-/m1/s1. The van der Waals surface area contributed by atoms with Gasteiger partial charge in [0.2, 0.25) is 5.91 Å². The molecule has 2 nitrogen and oxygen atoms in total. The van der Waals surface area contributed by atoms with Crippen LogP contribution in [0.25, 0.3) is 0 Å². The Labute approximate surface area is 101 Å². The first-order chi connectivity index (χ1) is 7.77. The maximum Gasteiger partial charge on any atom is 0.242 e. The number of nitrogens with one attached hydrogen (secondary N) is 1. The molecule has 0 heterocycles. The van der Waals surface area contributed by atoms with E-state index < -0.39 is 5.38 Å². The second kappa shape index (κ2) is 5.35. The summed E-state index contributed by atoms with van der Waals surface area (Å²) in [6.07, 6.45) is 4.60. The molecule has 1 aliphatic rings. The lowest BCUT2D eigenvalue weighted by Crippen LogP contribution is -2.34. The lowest BCUT2D eigenvalue weighted by atomic mass is 10.1. The van der Waals surface area contributed by atoms with E-state index in [1.165, 1.54) is 12.8 Å². The van der Waals surface area contributed by atoms with Gasteiger partial charge in [0.25, 0.3) is 0 Å². The number of carbonyl (C=O) groups excluding carboxylic acids is 1. The van der Waals surface area contributed by atoms with Crippen LogP contribution in [0, 0.1) is 0 Å². The summed E-state index contributed by atoms with van der Waals surface area (Å²) in [5, 5.41) is 2.44. The Morgan fingerprint density at radius 1 is 1.25 bits per heavy atom. The first-order valence-electron chi connectivity index (χ1n) is 5.77. The molecule has 16 heavy (non-hydrogen) atoms. The van der Waals surface area contributed by atoms with E-state index in [-0.39, 0.29) is 5.91 Å². The van der Waals surface area contributed by atoms with Crippen LogP contribution in [0.2, 0.25) is 0 Å². The third kappa shape index (κ3) is 2.76. The van der Waals surface area contributed by atoms with Crippen LogP contribution in [-0.4, -0.2) is 11.9 Å². The van der Waals surface area contributed by atoms with Crippen LogP contribution < -0.4 is 5.32 Å². The highest BCUT2D eigenvalue weighted by Crippen LogP contribution is 2.23. The van der Waals surface area contributed by atoms with Gasteiger partial charge in [-0.3, -0.25) is 4.79 Å². The third-order valence-electron chi connectivity index (χ3n) is 3.02. The summed E-state index contributed by atoms with van der Waals surface area (Å²) in [5.41, 5.74) is 0.861. The Kier molecular flexibility index (Phi) is 3.83. The number of amides is 1. The fourth-order valence-electron chi connectivity index (χ4n) is 2.12. The number of alkyl halides is 1. The van der Waals surface area contributed by atoms with Gasteiger partial charge in [0, 0.05) is 6.04 Å². The van der Waals surface area contributed by atoms with Gasteiger partial charge < -0.3 is 5.32 Å². The molecule has 2 rings (SSSR count). The lowest BCUT2D eigenvalue weighted by Gasteiger charge is -2.15. The van der Waals surface area contributed by atoms with Crippen molar-refractivity contribution >= 4 is 17.5 Å². The average molecular weight is 238 g/mol. The molecular formula is C13H16ClNO. The van der Waals surface area contributed by atoms with Crippen molar-refractivity contribution in [3.8, 4) is 0 Å². The zero-order chi connectivity index (χ0) is 11.4. The van der Waals surface area contributed by atoms with E-state index in [2.05, 4.69) is 5.32 Å². The van der Waals surface area contributed by atoms with Crippen molar-refractivity contribution in [3.05, 3.63) is 35.9 Å². The number of benzene rings is 1. The fraction of sp³-hybridized carbons (Fsp3) is 0.462. The number of hydrogen-bond acceptors (Lipinski definition) is 1.